The quantitative estimate of drug-likeness (QED) is 0.707. The van der Waals surface area contributed by atoms with Crippen molar-refractivity contribution in [3.63, 3.8) is 0 Å². The van der Waals surface area contributed by atoms with Gasteiger partial charge in [0.15, 0.2) is 0 Å². The largest absolute Gasteiger partial charge is 0.390 e. The zero-order chi connectivity index (χ0) is 8.10. The van der Waals surface area contributed by atoms with Crippen LogP contribution in [0.4, 0.5) is 0 Å². The zero-order valence-corrected chi connectivity index (χ0v) is 6.82. The summed E-state index contributed by atoms with van der Waals surface area (Å²) in [6.45, 7) is 3.14. The van der Waals surface area contributed by atoms with E-state index in [1.165, 1.54) is 6.42 Å². The average Bonchev–Trinajstić information content (AvgIpc) is 2.48. The summed E-state index contributed by atoms with van der Waals surface area (Å²) in [6, 6.07) is 1.84. The molecule has 0 saturated heterocycles. The van der Waals surface area contributed by atoms with Crippen molar-refractivity contribution in [2.75, 3.05) is 0 Å². The van der Waals surface area contributed by atoms with Crippen molar-refractivity contribution >= 4 is 0 Å². The van der Waals surface area contributed by atoms with E-state index in [0.29, 0.717) is 0 Å². The Labute approximate surface area is 66.7 Å². The molecular formula is C8H14N2O. The van der Waals surface area contributed by atoms with Gasteiger partial charge in [0, 0.05) is 12.7 Å². The third-order valence-corrected chi connectivity index (χ3v) is 1.60. The molecule has 0 fully saturated rings. The van der Waals surface area contributed by atoms with Crippen molar-refractivity contribution in [1.82, 2.24) is 9.78 Å². The highest BCUT2D eigenvalue weighted by Gasteiger charge is 1.94. The lowest BCUT2D eigenvalue weighted by molar-refractivity contribution is 0.275. The minimum Gasteiger partial charge on any atom is -0.390 e. The minimum absolute atomic E-state index is 0.0408. The summed E-state index contributed by atoms with van der Waals surface area (Å²) in [6.07, 6.45) is 4.22. The third-order valence-electron chi connectivity index (χ3n) is 1.60. The van der Waals surface area contributed by atoms with E-state index in [-0.39, 0.29) is 6.61 Å². The van der Waals surface area contributed by atoms with Crippen LogP contribution in [-0.4, -0.2) is 14.9 Å². The third kappa shape index (κ3) is 2.35. The van der Waals surface area contributed by atoms with E-state index in [9.17, 15) is 0 Å². The minimum atomic E-state index is 0.0408. The number of aromatic nitrogens is 2. The molecule has 0 radical (unpaired) electrons. The summed E-state index contributed by atoms with van der Waals surface area (Å²) in [5.74, 6) is 0. The molecule has 1 aromatic rings. The van der Waals surface area contributed by atoms with Gasteiger partial charge in [0.1, 0.15) is 0 Å². The first-order valence-electron chi connectivity index (χ1n) is 4.00. The molecule has 0 amide bonds. The van der Waals surface area contributed by atoms with Gasteiger partial charge in [0.05, 0.1) is 12.3 Å². The van der Waals surface area contributed by atoms with Gasteiger partial charge in [-0.3, -0.25) is 4.68 Å². The molecule has 3 nitrogen and oxygen atoms in total. The van der Waals surface area contributed by atoms with Crippen LogP contribution in [0.15, 0.2) is 12.3 Å². The van der Waals surface area contributed by atoms with Crippen molar-refractivity contribution in [3.8, 4) is 0 Å². The molecule has 0 unspecified atom stereocenters. The smallest absolute Gasteiger partial charge is 0.0878 e. The van der Waals surface area contributed by atoms with Crippen LogP contribution in [0.1, 0.15) is 25.5 Å². The Morgan fingerprint density at radius 3 is 3.00 bits per heavy atom. The van der Waals surface area contributed by atoms with E-state index in [0.717, 1.165) is 18.7 Å². The summed E-state index contributed by atoms with van der Waals surface area (Å²) in [4.78, 5) is 0. The SMILES string of the molecule is CCCCn1ccc(CO)n1. The topological polar surface area (TPSA) is 38.0 Å². The monoisotopic (exact) mass is 154 g/mol. The summed E-state index contributed by atoms with van der Waals surface area (Å²) in [7, 11) is 0. The van der Waals surface area contributed by atoms with Crippen molar-refractivity contribution in [2.45, 2.75) is 32.9 Å². The number of aliphatic hydroxyl groups excluding tert-OH is 1. The molecule has 1 N–H and O–H groups in total. The number of hydrogen-bond donors (Lipinski definition) is 1. The maximum atomic E-state index is 8.70. The van der Waals surface area contributed by atoms with Gasteiger partial charge in [-0.05, 0) is 12.5 Å². The van der Waals surface area contributed by atoms with Gasteiger partial charge in [-0.1, -0.05) is 13.3 Å². The van der Waals surface area contributed by atoms with E-state index < -0.39 is 0 Å². The van der Waals surface area contributed by atoms with E-state index in [1.807, 2.05) is 16.9 Å². The van der Waals surface area contributed by atoms with E-state index in [2.05, 4.69) is 12.0 Å². The predicted octanol–water partition coefficient (Wildman–Crippen LogP) is 1.18. The van der Waals surface area contributed by atoms with Crippen LogP contribution in [0.5, 0.6) is 0 Å². The average molecular weight is 154 g/mol. The lowest BCUT2D eigenvalue weighted by Gasteiger charge is -1.97. The van der Waals surface area contributed by atoms with E-state index in [1.54, 1.807) is 0 Å². The fourth-order valence-electron chi connectivity index (χ4n) is 0.933. The second kappa shape index (κ2) is 4.13. The molecule has 1 rings (SSSR count). The summed E-state index contributed by atoms with van der Waals surface area (Å²) in [5, 5.41) is 12.8. The molecule has 0 aromatic carbocycles. The maximum absolute atomic E-state index is 8.70. The normalized spacial score (nSPS) is 10.4. The fourth-order valence-corrected chi connectivity index (χ4v) is 0.933. The molecule has 0 saturated carbocycles. The summed E-state index contributed by atoms with van der Waals surface area (Å²) in [5.41, 5.74) is 0.751. The lowest BCUT2D eigenvalue weighted by atomic mass is 10.3. The van der Waals surface area contributed by atoms with Gasteiger partial charge in [-0.2, -0.15) is 5.10 Å². The van der Waals surface area contributed by atoms with Crippen molar-refractivity contribution < 1.29 is 5.11 Å². The molecular weight excluding hydrogens is 140 g/mol. The molecule has 0 aliphatic heterocycles. The van der Waals surface area contributed by atoms with E-state index >= 15 is 0 Å². The highest BCUT2D eigenvalue weighted by molar-refractivity contribution is 4.96. The first kappa shape index (κ1) is 8.27. The highest BCUT2D eigenvalue weighted by atomic mass is 16.3. The number of unbranched alkanes of at least 4 members (excludes halogenated alkanes) is 1. The molecule has 0 spiro atoms. The van der Waals surface area contributed by atoms with Crippen molar-refractivity contribution in [2.24, 2.45) is 0 Å². The van der Waals surface area contributed by atoms with E-state index in [4.69, 9.17) is 5.11 Å². The van der Waals surface area contributed by atoms with Gasteiger partial charge in [-0.15, -0.1) is 0 Å². The van der Waals surface area contributed by atoms with Crippen LogP contribution >= 0.6 is 0 Å². The molecule has 0 bridgehead atoms. The molecule has 0 aliphatic carbocycles. The Kier molecular flexibility index (Phi) is 3.11. The maximum Gasteiger partial charge on any atom is 0.0878 e. The Morgan fingerprint density at radius 1 is 1.64 bits per heavy atom. The predicted molar refractivity (Wildman–Crippen MR) is 43.1 cm³/mol. The van der Waals surface area contributed by atoms with Crippen LogP contribution in [0.2, 0.25) is 0 Å². The van der Waals surface area contributed by atoms with Crippen molar-refractivity contribution in [1.29, 1.82) is 0 Å². The number of aryl methyl sites for hydroxylation is 1. The van der Waals surface area contributed by atoms with Gasteiger partial charge in [0.2, 0.25) is 0 Å². The Hall–Kier alpha value is -0.830. The second-order valence-corrected chi connectivity index (χ2v) is 2.58. The first-order chi connectivity index (χ1) is 5.36. The Bertz CT molecular complexity index is 208. The van der Waals surface area contributed by atoms with Gasteiger partial charge >= 0.3 is 0 Å². The number of hydrogen-bond acceptors (Lipinski definition) is 2. The molecule has 62 valence electrons. The van der Waals surface area contributed by atoms with Crippen LogP contribution in [0, 0.1) is 0 Å². The molecule has 1 aromatic heterocycles. The number of aliphatic hydroxyl groups is 1. The molecule has 3 heteroatoms. The first-order valence-corrected chi connectivity index (χ1v) is 4.00. The Balaban J connectivity index is 2.44. The highest BCUT2D eigenvalue weighted by Crippen LogP contribution is 1.97. The Morgan fingerprint density at radius 2 is 2.45 bits per heavy atom. The lowest BCUT2D eigenvalue weighted by Crippen LogP contribution is -1.98. The zero-order valence-electron chi connectivity index (χ0n) is 6.82. The number of nitrogens with zero attached hydrogens (tertiary/aromatic N) is 2. The number of rotatable bonds is 4. The van der Waals surface area contributed by atoms with Gasteiger partial charge in [-0.25, -0.2) is 0 Å². The molecule has 0 atom stereocenters. The van der Waals surface area contributed by atoms with Crippen LogP contribution in [0.3, 0.4) is 0 Å². The van der Waals surface area contributed by atoms with Crippen molar-refractivity contribution in [3.05, 3.63) is 18.0 Å². The van der Waals surface area contributed by atoms with Gasteiger partial charge in [0.25, 0.3) is 0 Å². The van der Waals surface area contributed by atoms with Gasteiger partial charge < -0.3 is 5.11 Å². The van der Waals surface area contributed by atoms with Crippen LogP contribution in [0.25, 0.3) is 0 Å². The van der Waals surface area contributed by atoms with Crippen LogP contribution in [-0.2, 0) is 13.2 Å². The summed E-state index contributed by atoms with van der Waals surface area (Å²) >= 11 is 0. The fraction of sp³-hybridized carbons (Fsp3) is 0.625. The second-order valence-electron chi connectivity index (χ2n) is 2.58. The summed E-state index contributed by atoms with van der Waals surface area (Å²) < 4.78 is 1.87. The molecule has 11 heavy (non-hydrogen) atoms. The molecule has 0 aliphatic rings. The molecule has 1 heterocycles. The van der Waals surface area contributed by atoms with Crippen LogP contribution < -0.4 is 0 Å². The standard InChI is InChI=1S/C8H14N2O/c1-2-3-5-10-6-4-8(7-11)9-10/h4,6,11H,2-3,5,7H2,1H3.